The molecule has 2 aromatic rings. The van der Waals surface area contributed by atoms with Gasteiger partial charge in [-0.1, -0.05) is 23.7 Å². The van der Waals surface area contributed by atoms with Gasteiger partial charge in [0.2, 0.25) is 0 Å². The third-order valence-corrected chi connectivity index (χ3v) is 3.85. The van der Waals surface area contributed by atoms with Gasteiger partial charge in [0.1, 0.15) is 11.6 Å². The largest absolute Gasteiger partial charge is 0.493 e. The summed E-state index contributed by atoms with van der Waals surface area (Å²) in [7, 11) is 1.55. The van der Waals surface area contributed by atoms with E-state index in [4.69, 9.17) is 21.1 Å². The monoisotopic (exact) mass is 370 g/mol. The number of nitrogens with zero attached hydrogens (tertiary/aromatic N) is 1. The predicted octanol–water partition coefficient (Wildman–Crippen LogP) is 4.60. The van der Waals surface area contributed by atoms with Crippen LogP contribution < -0.4 is 14.8 Å². The quantitative estimate of drug-likeness (QED) is 0.595. The Hall–Kier alpha value is -2.97. The number of methoxy groups -OCH3 is 1. The Morgan fingerprint density at radius 1 is 1.27 bits per heavy atom. The van der Waals surface area contributed by atoms with Crippen LogP contribution in [0.2, 0.25) is 5.02 Å². The van der Waals surface area contributed by atoms with Crippen molar-refractivity contribution < 1.29 is 14.3 Å². The standard InChI is InChI=1S/C20H19ClN2O3/c1-4-26-19-10-14(6-8-18(19)25-3)9-15(12-22)20(24)23-17-11-16(21)7-5-13(17)2/h5-11H,4H2,1-3H3,(H,23,24)/b15-9+. The fraction of sp³-hybridized carbons (Fsp3) is 0.200. The van der Waals surface area contributed by atoms with Gasteiger partial charge < -0.3 is 14.8 Å². The molecular formula is C20H19ClN2O3. The van der Waals surface area contributed by atoms with Crippen molar-refractivity contribution >= 4 is 29.3 Å². The van der Waals surface area contributed by atoms with Gasteiger partial charge in [-0.05, 0) is 55.3 Å². The average Bonchev–Trinajstić information content (AvgIpc) is 2.63. The lowest BCUT2D eigenvalue weighted by Crippen LogP contribution is -2.14. The van der Waals surface area contributed by atoms with E-state index >= 15 is 0 Å². The van der Waals surface area contributed by atoms with E-state index in [1.807, 2.05) is 19.9 Å². The Balaban J connectivity index is 2.29. The Bertz CT molecular complexity index is 885. The summed E-state index contributed by atoms with van der Waals surface area (Å²) in [5, 5.41) is 12.6. The Kier molecular flexibility index (Phi) is 6.65. The highest BCUT2D eigenvalue weighted by Crippen LogP contribution is 2.29. The zero-order valence-corrected chi connectivity index (χ0v) is 15.6. The number of benzene rings is 2. The molecule has 0 fully saturated rings. The molecule has 0 unspecified atom stereocenters. The van der Waals surface area contributed by atoms with Crippen molar-refractivity contribution in [2.75, 3.05) is 19.0 Å². The molecule has 6 heteroatoms. The highest BCUT2D eigenvalue weighted by molar-refractivity contribution is 6.31. The highest BCUT2D eigenvalue weighted by Gasteiger charge is 2.12. The molecule has 1 N–H and O–H groups in total. The predicted molar refractivity (Wildman–Crippen MR) is 103 cm³/mol. The van der Waals surface area contributed by atoms with Crippen molar-refractivity contribution in [1.82, 2.24) is 0 Å². The van der Waals surface area contributed by atoms with Crippen LogP contribution in [-0.2, 0) is 4.79 Å². The van der Waals surface area contributed by atoms with Crippen LogP contribution in [0, 0.1) is 18.3 Å². The van der Waals surface area contributed by atoms with Crippen molar-refractivity contribution in [3.05, 3.63) is 58.1 Å². The summed E-state index contributed by atoms with van der Waals surface area (Å²) in [6.45, 7) is 4.19. The second-order valence-electron chi connectivity index (χ2n) is 5.43. The molecule has 0 aliphatic heterocycles. The molecule has 0 saturated heterocycles. The number of halogens is 1. The average molecular weight is 371 g/mol. The molecule has 0 saturated carbocycles. The third-order valence-electron chi connectivity index (χ3n) is 3.61. The number of aryl methyl sites for hydroxylation is 1. The van der Waals surface area contributed by atoms with Crippen molar-refractivity contribution in [3.63, 3.8) is 0 Å². The van der Waals surface area contributed by atoms with Crippen LogP contribution in [0.1, 0.15) is 18.1 Å². The van der Waals surface area contributed by atoms with Crippen LogP contribution in [0.4, 0.5) is 5.69 Å². The lowest BCUT2D eigenvalue weighted by molar-refractivity contribution is -0.112. The number of carbonyl (C=O) groups excluding carboxylic acids is 1. The fourth-order valence-corrected chi connectivity index (χ4v) is 2.46. The minimum absolute atomic E-state index is 0.0306. The number of carbonyl (C=O) groups is 1. The molecule has 1 amide bonds. The zero-order valence-electron chi connectivity index (χ0n) is 14.8. The van der Waals surface area contributed by atoms with Gasteiger partial charge in [0.15, 0.2) is 11.5 Å². The van der Waals surface area contributed by atoms with Crippen molar-refractivity contribution in [3.8, 4) is 17.6 Å². The number of hydrogen-bond acceptors (Lipinski definition) is 4. The van der Waals surface area contributed by atoms with Crippen LogP contribution in [-0.4, -0.2) is 19.6 Å². The summed E-state index contributed by atoms with van der Waals surface area (Å²) >= 11 is 5.96. The van der Waals surface area contributed by atoms with Crippen LogP contribution >= 0.6 is 11.6 Å². The van der Waals surface area contributed by atoms with Gasteiger partial charge in [0, 0.05) is 10.7 Å². The van der Waals surface area contributed by atoms with Crippen molar-refractivity contribution in [1.29, 1.82) is 5.26 Å². The lowest BCUT2D eigenvalue weighted by atomic mass is 10.1. The molecule has 0 aliphatic rings. The number of amides is 1. The summed E-state index contributed by atoms with van der Waals surface area (Å²) in [6, 6.07) is 12.3. The first-order valence-electron chi connectivity index (χ1n) is 7.98. The first-order valence-corrected chi connectivity index (χ1v) is 8.36. The summed E-state index contributed by atoms with van der Waals surface area (Å²) < 4.78 is 10.7. The topological polar surface area (TPSA) is 71.3 Å². The molecule has 0 spiro atoms. The SMILES string of the molecule is CCOc1cc(/C=C(\C#N)C(=O)Nc2cc(Cl)ccc2C)ccc1OC. The van der Waals surface area contributed by atoms with Crippen LogP contribution in [0.25, 0.3) is 6.08 Å². The summed E-state index contributed by atoms with van der Waals surface area (Å²) in [5.74, 6) is 0.625. The maximum Gasteiger partial charge on any atom is 0.266 e. The second-order valence-corrected chi connectivity index (χ2v) is 5.86. The Labute approximate surface area is 157 Å². The summed E-state index contributed by atoms with van der Waals surface area (Å²) in [5.41, 5.74) is 2.04. The molecule has 5 nitrogen and oxygen atoms in total. The molecular weight excluding hydrogens is 352 g/mol. The van der Waals surface area contributed by atoms with Crippen LogP contribution in [0.5, 0.6) is 11.5 Å². The minimum Gasteiger partial charge on any atom is -0.493 e. The van der Waals surface area contributed by atoms with Gasteiger partial charge in [-0.3, -0.25) is 4.79 Å². The van der Waals surface area contributed by atoms with E-state index in [1.165, 1.54) is 6.08 Å². The number of ether oxygens (including phenoxy) is 2. The lowest BCUT2D eigenvalue weighted by Gasteiger charge is -2.10. The van der Waals surface area contributed by atoms with E-state index in [2.05, 4.69) is 5.32 Å². The van der Waals surface area contributed by atoms with E-state index in [9.17, 15) is 10.1 Å². The minimum atomic E-state index is -0.508. The van der Waals surface area contributed by atoms with Crippen LogP contribution in [0.3, 0.4) is 0 Å². The molecule has 0 bridgehead atoms. The molecule has 0 heterocycles. The molecule has 26 heavy (non-hydrogen) atoms. The van der Waals surface area contributed by atoms with Gasteiger partial charge in [-0.2, -0.15) is 5.26 Å². The molecule has 0 radical (unpaired) electrons. The molecule has 0 atom stereocenters. The smallest absolute Gasteiger partial charge is 0.266 e. The maximum absolute atomic E-state index is 12.4. The molecule has 2 aromatic carbocycles. The Morgan fingerprint density at radius 2 is 2.04 bits per heavy atom. The van der Waals surface area contributed by atoms with Crippen LogP contribution in [0.15, 0.2) is 42.0 Å². The first kappa shape index (κ1) is 19.4. The molecule has 2 rings (SSSR count). The van der Waals surface area contributed by atoms with E-state index in [0.29, 0.717) is 34.4 Å². The van der Waals surface area contributed by atoms with Gasteiger partial charge in [0.05, 0.1) is 13.7 Å². The first-order chi connectivity index (χ1) is 12.5. The molecule has 0 aromatic heterocycles. The highest BCUT2D eigenvalue weighted by atomic mass is 35.5. The fourth-order valence-electron chi connectivity index (χ4n) is 2.29. The summed E-state index contributed by atoms with van der Waals surface area (Å²) in [6.07, 6.45) is 1.50. The number of nitrogens with one attached hydrogen (secondary N) is 1. The van der Waals surface area contributed by atoms with E-state index in [1.54, 1.807) is 43.5 Å². The molecule has 0 aliphatic carbocycles. The van der Waals surface area contributed by atoms with Gasteiger partial charge in [-0.25, -0.2) is 0 Å². The number of anilines is 1. The number of hydrogen-bond donors (Lipinski definition) is 1. The maximum atomic E-state index is 12.4. The zero-order chi connectivity index (χ0) is 19.1. The number of nitriles is 1. The van der Waals surface area contributed by atoms with E-state index < -0.39 is 5.91 Å². The Morgan fingerprint density at radius 3 is 2.69 bits per heavy atom. The van der Waals surface area contributed by atoms with Gasteiger partial charge in [0.25, 0.3) is 5.91 Å². The van der Waals surface area contributed by atoms with Gasteiger partial charge in [-0.15, -0.1) is 0 Å². The van der Waals surface area contributed by atoms with Gasteiger partial charge >= 0.3 is 0 Å². The third kappa shape index (κ3) is 4.78. The van der Waals surface area contributed by atoms with E-state index in [-0.39, 0.29) is 5.57 Å². The van der Waals surface area contributed by atoms with Crippen molar-refractivity contribution in [2.24, 2.45) is 0 Å². The second kappa shape index (κ2) is 8.93. The molecule has 134 valence electrons. The van der Waals surface area contributed by atoms with E-state index in [0.717, 1.165) is 5.56 Å². The normalized spacial score (nSPS) is 10.8. The van der Waals surface area contributed by atoms with Crippen molar-refractivity contribution in [2.45, 2.75) is 13.8 Å². The summed E-state index contributed by atoms with van der Waals surface area (Å²) in [4.78, 5) is 12.4. The number of rotatable bonds is 6.